The minimum absolute atomic E-state index is 0.278. The molecule has 1 aliphatic heterocycles. The summed E-state index contributed by atoms with van der Waals surface area (Å²) in [7, 11) is 0. The van der Waals surface area contributed by atoms with E-state index in [0.29, 0.717) is 0 Å². The summed E-state index contributed by atoms with van der Waals surface area (Å²) in [5.41, 5.74) is 0. The average Bonchev–Trinajstić information content (AvgIpc) is 1.93. The Balaban J connectivity index is 2.52. The highest BCUT2D eigenvalue weighted by atomic mass is 19.1. The maximum absolute atomic E-state index is 12.5. The second-order valence-corrected chi connectivity index (χ2v) is 2.23. The third-order valence-electron chi connectivity index (χ3n) is 1.42. The first kappa shape index (κ1) is 7.87. The van der Waals surface area contributed by atoms with E-state index in [1.165, 1.54) is 0 Å². The van der Waals surface area contributed by atoms with E-state index in [-0.39, 0.29) is 6.61 Å². The highest BCUT2D eigenvalue weighted by Crippen LogP contribution is 2.16. The van der Waals surface area contributed by atoms with E-state index < -0.39 is 24.7 Å². The molecule has 0 saturated carbocycles. The fourth-order valence-electron chi connectivity index (χ4n) is 0.773. The van der Waals surface area contributed by atoms with Gasteiger partial charge in [0.05, 0.1) is 6.61 Å². The fourth-order valence-corrected chi connectivity index (χ4v) is 0.773. The highest BCUT2D eigenvalue weighted by molar-refractivity contribution is 4.81. The number of aliphatic hydroxyl groups is 3. The van der Waals surface area contributed by atoms with Crippen molar-refractivity contribution in [3.05, 3.63) is 0 Å². The SMILES string of the molecule is O[C@@H]1[C@@H](F)[C@H](O)CO[C@H]1O. The third kappa shape index (κ3) is 1.27. The molecule has 0 aromatic rings. The number of hydrogen-bond acceptors (Lipinski definition) is 4. The Kier molecular flexibility index (Phi) is 2.20. The van der Waals surface area contributed by atoms with Gasteiger partial charge in [-0.2, -0.15) is 0 Å². The zero-order chi connectivity index (χ0) is 7.72. The Hall–Kier alpha value is -0.230. The number of alkyl halides is 1. The molecule has 0 aromatic heterocycles. The Bertz CT molecular complexity index is 106. The van der Waals surface area contributed by atoms with Crippen LogP contribution in [-0.4, -0.2) is 46.6 Å². The van der Waals surface area contributed by atoms with Crippen LogP contribution >= 0.6 is 0 Å². The predicted octanol–water partition coefficient (Wildman–Crippen LogP) is -1.61. The first-order valence-electron chi connectivity index (χ1n) is 2.93. The van der Waals surface area contributed by atoms with Crippen molar-refractivity contribution in [3.8, 4) is 0 Å². The summed E-state index contributed by atoms with van der Waals surface area (Å²) < 4.78 is 16.9. The van der Waals surface area contributed by atoms with Gasteiger partial charge in [0, 0.05) is 0 Å². The van der Waals surface area contributed by atoms with Gasteiger partial charge in [0.25, 0.3) is 0 Å². The lowest BCUT2D eigenvalue weighted by Gasteiger charge is -2.30. The van der Waals surface area contributed by atoms with Gasteiger partial charge in [-0.05, 0) is 0 Å². The number of ether oxygens (including phenoxy) is 1. The van der Waals surface area contributed by atoms with Crippen LogP contribution in [0.4, 0.5) is 4.39 Å². The molecule has 1 heterocycles. The summed E-state index contributed by atoms with van der Waals surface area (Å²) in [4.78, 5) is 0. The summed E-state index contributed by atoms with van der Waals surface area (Å²) in [5, 5.41) is 26.0. The van der Waals surface area contributed by atoms with Crippen molar-refractivity contribution in [2.75, 3.05) is 6.61 Å². The summed E-state index contributed by atoms with van der Waals surface area (Å²) in [5.74, 6) is 0. The molecule has 0 aromatic carbocycles. The molecule has 0 spiro atoms. The predicted molar refractivity (Wildman–Crippen MR) is 28.9 cm³/mol. The Morgan fingerprint density at radius 2 is 1.90 bits per heavy atom. The van der Waals surface area contributed by atoms with Gasteiger partial charge in [0.2, 0.25) is 0 Å². The molecular formula is C5H9FO4. The van der Waals surface area contributed by atoms with Gasteiger partial charge in [-0.15, -0.1) is 0 Å². The number of halogens is 1. The lowest BCUT2D eigenvalue weighted by Crippen LogP contribution is -2.50. The van der Waals surface area contributed by atoms with Crippen molar-refractivity contribution < 1.29 is 24.4 Å². The lowest BCUT2D eigenvalue weighted by molar-refractivity contribution is -0.238. The van der Waals surface area contributed by atoms with Crippen LogP contribution in [0.15, 0.2) is 0 Å². The van der Waals surface area contributed by atoms with Crippen LogP contribution in [0.2, 0.25) is 0 Å². The standard InChI is InChI=1S/C5H9FO4/c6-3-2(7)1-10-5(9)4(3)8/h2-5,7-9H,1H2/t2-,3+,4-,5-/m1/s1. The van der Waals surface area contributed by atoms with E-state index in [0.717, 1.165) is 0 Å². The second-order valence-electron chi connectivity index (χ2n) is 2.23. The molecule has 0 bridgehead atoms. The molecule has 0 radical (unpaired) electrons. The van der Waals surface area contributed by atoms with Gasteiger partial charge in [0.1, 0.15) is 12.2 Å². The maximum Gasteiger partial charge on any atom is 0.183 e. The van der Waals surface area contributed by atoms with E-state index in [4.69, 9.17) is 15.3 Å². The minimum atomic E-state index is -1.82. The van der Waals surface area contributed by atoms with E-state index >= 15 is 0 Å². The van der Waals surface area contributed by atoms with Gasteiger partial charge in [-0.25, -0.2) is 4.39 Å². The van der Waals surface area contributed by atoms with Crippen molar-refractivity contribution in [3.63, 3.8) is 0 Å². The zero-order valence-electron chi connectivity index (χ0n) is 5.14. The van der Waals surface area contributed by atoms with E-state index in [1.807, 2.05) is 0 Å². The third-order valence-corrected chi connectivity index (χ3v) is 1.42. The topological polar surface area (TPSA) is 69.9 Å². The summed E-state index contributed by atoms with van der Waals surface area (Å²) in [6.07, 6.45) is -6.30. The molecule has 1 rings (SSSR count). The van der Waals surface area contributed by atoms with Gasteiger partial charge in [0.15, 0.2) is 12.5 Å². The molecule has 4 atom stereocenters. The van der Waals surface area contributed by atoms with Crippen LogP contribution in [0.1, 0.15) is 0 Å². The molecular weight excluding hydrogens is 143 g/mol. The van der Waals surface area contributed by atoms with E-state index in [9.17, 15) is 4.39 Å². The molecule has 10 heavy (non-hydrogen) atoms. The number of aliphatic hydroxyl groups excluding tert-OH is 3. The molecule has 3 N–H and O–H groups in total. The highest BCUT2D eigenvalue weighted by Gasteiger charge is 2.37. The fraction of sp³-hybridized carbons (Fsp3) is 1.00. The Labute approximate surface area is 56.9 Å². The van der Waals surface area contributed by atoms with Gasteiger partial charge in [-0.1, -0.05) is 0 Å². The van der Waals surface area contributed by atoms with Crippen molar-refractivity contribution in [1.29, 1.82) is 0 Å². The van der Waals surface area contributed by atoms with Crippen molar-refractivity contribution in [2.45, 2.75) is 24.7 Å². The van der Waals surface area contributed by atoms with Gasteiger partial charge in [-0.3, -0.25) is 0 Å². The average molecular weight is 152 g/mol. The first-order chi connectivity index (χ1) is 4.63. The molecule has 0 amide bonds. The van der Waals surface area contributed by atoms with Gasteiger partial charge >= 0.3 is 0 Å². The Morgan fingerprint density at radius 3 is 2.40 bits per heavy atom. The second kappa shape index (κ2) is 2.79. The summed E-state index contributed by atoms with van der Waals surface area (Å²) in [6.45, 7) is -0.278. The maximum atomic E-state index is 12.5. The molecule has 1 saturated heterocycles. The van der Waals surface area contributed by atoms with Crippen LogP contribution in [-0.2, 0) is 4.74 Å². The molecule has 0 unspecified atom stereocenters. The normalized spacial score (nSPS) is 49.2. The van der Waals surface area contributed by atoms with Gasteiger partial charge < -0.3 is 20.1 Å². The van der Waals surface area contributed by atoms with Crippen LogP contribution in [0.25, 0.3) is 0 Å². The molecule has 1 aliphatic rings. The molecule has 4 nitrogen and oxygen atoms in total. The van der Waals surface area contributed by atoms with Crippen molar-refractivity contribution in [1.82, 2.24) is 0 Å². The monoisotopic (exact) mass is 152 g/mol. The molecule has 1 fully saturated rings. The van der Waals surface area contributed by atoms with Crippen molar-refractivity contribution >= 4 is 0 Å². The summed E-state index contributed by atoms with van der Waals surface area (Å²) in [6, 6.07) is 0. The van der Waals surface area contributed by atoms with Crippen LogP contribution in [0, 0.1) is 0 Å². The number of rotatable bonds is 0. The Morgan fingerprint density at radius 1 is 1.30 bits per heavy atom. The van der Waals surface area contributed by atoms with E-state index in [1.54, 1.807) is 0 Å². The molecule has 0 aliphatic carbocycles. The molecule has 60 valence electrons. The zero-order valence-corrected chi connectivity index (χ0v) is 5.14. The summed E-state index contributed by atoms with van der Waals surface area (Å²) >= 11 is 0. The largest absolute Gasteiger partial charge is 0.388 e. The lowest BCUT2D eigenvalue weighted by atomic mass is 10.1. The van der Waals surface area contributed by atoms with E-state index in [2.05, 4.69) is 4.74 Å². The smallest absolute Gasteiger partial charge is 0.183 e. The van der Waals surface area contributed by atoms with Crippen LogP contribution in [0.5, 0.6) is 0 Å². The quantitative estimate of drug-likeness (QED) is 0.391. The molecule has 5 heteroatoms. The van der Waals surface area contributed by atoms with Crippen LogP contribution in [0.3, 0.4) is 0 Å². The number of hydrogen-bond donors (Lipinski definition) is 3. The van der Waals surface area contributed by atoms with Crippen LogP contribution < -0.4 is 0 Å². The van der Waals surface area contributed by atoms with Crippen molar-refractivity contribution in [2.24, 2.45) is 0 Å². The first-order valence-corrected chi connectivity index (χ1v) is 2.93. The minimum Gasteiger partial charge on any atom is -0.388 e.